The monoisotopic (exact) mass is 424 g/mol. The predicted octanol–water partition coefficient (Wildman–Crippen LogP) is 0.926. The summed E-state index contributed by atoms with van der Waals surface area (Å²) in [6, 6.07) is 3.24. The average Bonchev–Trinajstić information content (AvgIpc) is 2.99. The lowest BCUT2D eigenvalue weighted by Gasteiger charge is -2.16. The number of halogens is 3. The average molecular weight is 424 g/mol. The SMILES string of the molecule is COC(=O)c1ccccc1S(=O)(=O)NC(=O)N1CN(C)C(OCC(F)(F)F)=N1. The molecule has 1 aliphatic rings. The largest absolute Gasteiger partial charge is 0.465 e. The molecule has 0 atom stereocenters. The summed E-state index contributed by atoms with van der Waals surface area (Å²) in [5.74, 6) is -0.935. The maximum absolute atomic E-state index is 12.5. The summed E-state index contributed by atoms with van der Waals surface area (Å²) in [5, 5.41) is 4.07. The maximum atomic E-state index is 12.5. The highest BCUT2D eigenvalue weighted by Gasteiger charge is 2.34. The van der Waals surface area contributed by atoms with Crippen molar-refractivity contribution >= 4 is 28.0 Å². The maximum Gasteiger partial charge on any atom is 0.422 e. The van der Waals surface area contributed by atoms with Crippen molar-refractivity contribution in [2.75, 3.05) is 27.4 Å². The van der Waals surface area contributed by atoms with Crippen LogP contribution in [0.5, 0.6) is 0 Å². The number of amidine groups is 1. The number of nitrogens with one attached hydrogen (secondary N) is 1. The number of carbonyl (C=O) groups is 2. The number of amides is 2. The second-order valence-corrected chi connectivity index (χ2v) is 7.07. The minimum absolute atomic E-state index is 0.304. The van der Waals surface area contributed by atoms with Gasteiger partial charge < -0.3 is 14.4 Å². The van der Waals surface area contributed by atoms with E-state index in [0.29, 0.717) is 5.01 Å². The minimum atomic E-state index is -4.61. The number of hydrogen-bond acceptors (Lipinski definition) is 8. The fraction of sp³-hybridized carbons (Fsp3) is 0.357. The Morgan fingerprint density at radius 1 is 1.29 bits per heavy atom. The van der Waals surface area contributed by atoms with Gasteiger partial charge in [-0.25, -0.2) is 22.7 Å². The van der Waals surface area contributed by atoms with E-state index in [-0.39, 0.29) is 12.2 Å². The Morgan fingerprint density at radius 2 is 1.93 bits per heavy atom. The van der Waals surface area contributed by atoms with Crippen LogP contribution in [0.4, 0.5) is 18.0 Å². The number of ether oxygens (including phenoxy) is 2. The number of carbonyl (C=O) groups excluding carboxylic acids is 2. The Morgan fingerprint density at radius 3 is 2.54 bits per heavy atom. The molecule has 0 bridgehead atoms. The van der Waals surface area contributed by atoms with Gasteiger partial charge in [-0.3, -0.25) is 0 Å². The molecule has 0 saturated heterocycles. The van der Waals surface area contributed by atoms with Crippen LogP contribution in [0.3, 0.4) is 0 Å². The number of hydrogen-bond donors (Lipinski definition) is 1. The summed E-state index contributed by atoms with van der Waals surface area (Å²) in [7, 11) is -2.15. The van der Waals surface area contributed by atoms with Crippen molar-refractivity contribution in [2.45, 2.75) is 11.1 Å². The number of methoxy groups -OCH3 is 1. The molecule has 1 aliphatic heterocycles. The number of rotatable bonds is 4. The molecule has 0 unspecified atom stereocenters. The molecule has 0 aromatic heterocycles. The van der Waals surface area contributed by atoms with Crippen LogP contribution < -0.4 is 4.72 Å². The Labute approximate surface area is 157 Å². The molecule has 0 radical (unpaired) electrons. The highest BCUT2D eigenvalue weighted by Crippen LogP contribution is 2.18. The van der Waals surface area contributed by atoms with Crippen LogP contribution in [0.2, 0.25) is 0 Å². The smallest absolute Gasteiger partial charge is 0.422 e. The normalized spacial score (nSPS) is 14.5. The van der Waals surface area contributed by atoms with Crippen molar-refractivity contribution in [1.82, 2.24) is 14.6 Å². The second kappa shape index (κ2) is 7.92. The molecule has 154 valence electrons. The molecule has 0 saturated carbocycles. The minimum Gasteiger partial charge on any atom is -0.465 e. The zero-order valence-corrected chi connectivity index (χ0v) is 15.4. The van der Waals surface area contributed by atoms with Crippen molar-refractivity contribution < 1.29 is 40.7 Å². The molecule has 0 spiro atoms. The first-order valence-corrected chi connectivity index (χ1v) is 8.94. The van der Waals surface area contributed by atoms with Gasteiger partial charge in [0.2, 0.25) is 0 Å². The highest BCUT2D eigenvalue weighted by atomic mass is 32.2. The summed E-state index contributed by atoms with van der Waals surface area (Å²) >= 11 is 0. The molecule has 1 aromatic carbocycles. The molecule has 2 amide bonds. The van der Waals surface area contributed by atoms with E-state index in [4.69, 9.17) is 0 Å². The van der Waals surface area contributed by atoms with Gasteiger partial charge in [0.25, 0.3) is 10.0 Å². The van der Waals surface area contributed by atoms with Crippen molar-refractivity contribution in [1.29, 1.82) is 0 Å². The highest BCUT2D eigenvalue weighted by molar-refractivity contribution is 7.90. The number of nitrogens with zero attached hydrogens (tertiary/aromatic N) is 3. The van der Waals surface area contributed by atoms with E-state index in [1.165, 1.54) is 25.2 Å². The quantitative estimate of drug-likeness (QED) is 0.715. The summed E-state index contributed by atoms with van der Waals surface area (Å²) in [6.45, 7) is -1.98. The number of alkyl halides is 3. The lowest BCUT2D eigenvalue weighted by Crippen LogP contribution is -2.41. The Balaban J connectivity index is 2.17. The third-order valence-corrected chi connectivity index (χ3v) is 4.66. The second-order valence-electron chi connectivity index (χ2n) is 5.42. The fourth-order valence-electron chi connectivity index (χ4n) is 2.07. The fourth-order valence-corrected chi connectivity index (χ4v) is 3.21. The van der Waals surface area contributed by atoms with Gasteiger partial charge in [-0.15, -0.1) is 5.10 Å². The van der Waals surface area contributed by atoms with Crippen molar-refractivity contribution in [3.8, 4) is 0 Å². The van der Waals surface area contributed by atoms with E-state index in [1.807, 2.05) is 0 Å². The Bertz CT molecular complexity index is 903. The van der Waals surface area contributed by atoms with Gasteiger partial charge in [-0.1, -0.05) is 12.1 Å². The number of esters is 1. The van der Waals surface area contributed by atoms with E-state index >= 15 is 0 Å². The molecule has 2 rings (SSSR count). The lowest BCUT2D eigenvalue weighted by atomic mass is 10.2. The lowest BCUT2D eigenvalue weighted by molar-refractivity contribution is -0.157. The molecule has 0 aliphatic carbocycles. The molecule has 10 nitrogen and oxygen atoms in total. The standard InChI is InChI=1S/C14H15F3N4O6S/c1-20-8-21(18-13(20)27-7-14(15,16)17)12(23)19-28(24,25)10-6-4-3-5-9(10)11(22)26-2/h3-6H,7-8H2,1-2H3,(H,19,23). The predicted molar refractivity (Wildman–Crippen MR) is 87.4 cm³/mol. The van der Waals surface area contributed by atoms with E-state index < -0.39 is 45.7 Å². The third-order valence-electron chi connectivity index (χ3n) is 3.28. The van der Waals surface area contributed by atoms with Crippen LogP contribution in [0.25, 0.3) is 0 Å². The van der Waals surface area contributed by atoms with E-state index in [1.54, 1.807) is 4.72 Å². The molecule has 1 N–H and O–H groups in total. The van der Waals surface area contributed by atoms with Gasteiger partial charge in [0.05, 0.1) is 12.7 Å². The van der Waals surface area contributed by atoms with E-state index in [2.05, 4.69) is 14.6 Å². The van der Waals surface area contributed by atoms with Crippen molar-refractivity contribution in [3.63, 3.8) is 0 Å². The van der Waals surface area contributed by atoms with E-state index in [9.17, 15) is 31.2 Å². The first-order chi connectivity index (χ1) is 12.9. The summed E-state index contributed by atoms with van der Waals surface area (Å²) < 4.78 is 72.2. The van der Waals surface area contributed by atoms with E-state index in [0.717, 1.165) is 18.1 Å². The molecule has 14 heteroatoms. The van der Waals surface area contributed by atoms with Crippen LogP contribution >= 0.6 is 0 Å². The molecule has 1 aromatic rings. The van der Waals surface area contributed by atoms with Gasteiger partial charge >= 0.3 is 24.2 Å². The number of benzene rings is 1. The van der Waals surface area contributed by atoms with Crippen LogP contribution in [0, 0.1) is 0 Å². The molecular weight excluding hydrogens is 409 g/mol. The first-order valence-electron chi connectivity index (χ1n) is 7.45. The van der Waals surface area contributed by atoms with Gasteiger partial charge in [-0.2, -0.15) is 18.2 Å². The van der Waals surface area contributed by atoms with Crippen LogP contribution in [-0.4, -0.2) is 70.0 Å². The number of hydrazone groups is 1. The van der Waals surface area contributed by atoms with Gasteiger partial charge in [0, 0.05) is 7.05 Å². The molecule has 28 heavy (non-hydrogen) atoms. The first kappa shape index (κ1) is 21.3. The van der Waals surface area contributed by atoms with Crippen LogP contribution in [0.15, 0.2) is 34.3 Å². The Hall–Kier alpha value is -3.03. The van der Waals surface area contributed by atoms with Crippen LogP contribution in [-0.2, 0) is 19.5 Å². The third kappa shape index (κ3) is 5.03. The Kier molecular flexibility index (Phi) is 6.01. The van der Waals surface area contributed by atoms with Gasteiger partial charge in [0.15, 0.2) is 6.61 Å². The molecular formula is C14H15F3N4O6S. The van der Waals surface area contributed by atoms with Crippen LogP contribution in [0.1, 0.15) is 10.4 Å². The van der Waals surface area contributed by atoms with Gasteiger partial charge in [-0.05, 0) is 12.1 Å². The van der Waals surface area contributed by atoms with Crippen molar-refractivity contribution in [2.24, 2.45) is 5.10 Å². The van der Waals surface area contributed by atoms with Gasteiger partial charge in [0.1, 0.15) is 11.6 Å². The summed E-state index contributed by atoms with van der Waals surface area (Å²) in [4.78, 5) is 24.5. The number of urea groups is 1. The number of sulfonamides is 1. The summed E-state index contributed by atoms with van der Waals surface area (Å²) in [6.07, 6.45) is -4.61. The zero-order valence-electron chi connectivity index (χ0n) is 14.6. The molecule has 0 fully saturated rings. The topological polar surface area (TPSA) is 118 Å². The summed E-state index contributed by atoms with van der Waals surface area (Å²) in [5.41, 5.74) is -0.304. The zero-order chi connectivity index (χ0) is 21.1. The molecule has 1 heterocycles. The van der Waals surface area contributed by atoms with Crippen molar-refractivity contribution in [3.05, 3.63) is 29.8 Å².